The van der Waals surface area contributed by atoms with E-state index < -0.39 is 6.04 Å². The highest BCUT2D eigenvalue weighted by Gasteiger charge is 2.13. The lowest BCUT2D eigenvalue weighted by atomic mass is 10.1. The van der Waals surface area contributed by atoms with E-state index in [1.807, 2.05) is 19.3 Å². The summed E-state index contributed by atoms with van der Waals surface area (Å²) in [4.78, 5) is 11.9. The standard InChI is InChI=1S/C15H20N4O2/c1-19-9-7-12(18-19)6-8-17-15(21)14(16)10-11-2-4-13(20)5-3-11/h2-5,7,9,14,20H,6,8,10,16H2,1H3,(H,17,21)/t14-/m0/s1. The second kappa shape index (κ2) is 6.90. The first-order valence-electron chi connectivity index (χ1n) is 6.84. The summed E-state index contributed by atoms with van der Waals surface area (Å²) in [6.07, 6.45) is 2.99. The highest BCUT2D eigenvalue weighted by molar-refractivity contribution is 5.81. The SMILES string of the molecule is Cn1ccc(CCNC(=O)[C@@H](N)Cc2ccc(O)cc2)n1. The summed E-state index contributed by atoms with van der Waals surface area (Å²) < 4.78 is 1.73. The van der Waals surface area contributed by atoms with Crippen molar-refractivity contribution in [2.75, 3.05) is 6.54 Å². The fourth-order valence-electron chi connectivity index (χ4n) is 2.02. The van der Waals surface area contributed by atoms with Crippen LogP contribution in [-0.4, -0.2) is 33.4 Å². The average Bonchev–Trinajstić information content (AvgIpc) is 2.87. The van der Waals surface area contributed by atoms with Gasteiger partial charge in [-0.3, -0.25) is 9.48 Å². The van der Waals surface area contributed by atoms with Crippen molar-refractivity contribution in [3.8, 4) is 5.75 Å². The van der Waals surface area contributed by atoms with Gasteiger partial charge in [-0.05, 0) is 30.2 Å². The van der Waals surface area contributed by atoms with Crippen LogP contribution in [0.15, 0.2) is 36.5 Å². The lowest BCUT2D eigenvalue weighted by Gasteiger charge is -2.12. The first-order chi connectivity index (χ1) is 10.0. The Hall–Kier alpha value is -2.34. The predicted molar refractivity (Wildman–Crippen MR) is 79.7 cm³/mol. The molecule has 6 heteroatoms. The number of hydrogen-bond acceptors (Lipinski definition) is 4. The van der Waals surface area contributed by atoms with Crippen LogP contribution < -0.4 is 11.1 Å². The zero-order valence-electron chi connectivity index (χ0n) is 12.0. The first kappa shape index (κ1) is 15.1. The molecule has 0 spiro atoms. The van der Waals surface area contributed by atoms with Crippen molar-refractivity contribution < 1.29 is 9.90 Å². The number of aromatic nitrogens is 2. The Balaban J connectivity index is 1.75. The summed E-state index contributed by atoms with van der Waals surface area (Å²) in [6.45, 7) is 0.513. The average molecular weight is 288 g/mol. The van der Waals surface area contributed by atoms with Crippen molar-refractivity contribution in [3.63, 3.8) is 0 Å². The van der Waals surface area contributed by atoms with Crippen LogP contribution in [0.25, 0.3) is 0 Å². The number of hydrogen-bond donors (Lipinski definition) is 3. The van der Waals surface area contributed by atoms with Gasteiger partial charge in [-0.1, -0.05) is 12.1 Å². The molecule has 0 aliphatic rings. The number of carbonyl (C=O) groups excluding carboxylic acids is 1. The Morgan fingerprint density at radius 2 is 2.10 bits per heavy atom. The highest BCUT2D eigenvalue weighted by Crippen LogP contribution is 2.10. The number of nitrogens with zero attached hydrogens (tertiary/aromatic N) is 2. The molecule has 0 bridgehead atoms. The molecule has 0 radical (unpaired) electrons. The molecule has 0 aliphatic heterocycles. The van der Waals surface area contributed by atoms with Crippen molar-refractivity contribution in [2.45, 2.75) is 18.9 Å². The van der Waals surface area contributed by atoms with Crippen LogP contribution in [-0.2, 0) is 24.7 Å². The second-order valence-electron chi connectivity index (χ2n) is 5.00. The van der Waals surface area contributed by atoms with Crippen LogP contribution in [0.5, 0.6) is 5.75 Å². The summed E-state index contributed by atoms with van der Waals surface area (Å²) >= 11 is 0. The Bertz CT molecular complexity index is 592. The number of phenolic OH excluding ortho intramolecular Hbond substituents is 1. The van der Waals surface area contributed by atoms with Gasteiger partial charge in [0, 0.05) is 26.2 Å². The molecule has 112 valence electrons. The van der Waals surface area contributed by atoms with Gasteiger partial charge in [-0.25, -0.2) is 0 Å². The zero-order valence-corrected chi connectivity index (χ0v) is 12.0. The number of benzene rings is 1. The van der Waals surface area contributed by atoms with Crippen LogP contribution in [0.4, 0.5) is 0 Å². The van der Waals surface area contributed by atoms with E-state index in [9.17, 15) is 9.90 Å². The van der Waals surface area contributed by atoms with E-state index in [-0.39, 0.29) is 11.7 Å². The Kier molecular flexibility index (Phi) is 4.94. The van der Waals surface area contributed by atoms with E-state index in [0.29, 0.717) is 19.4 Å². The zero-order chi connectivity index (χ0) is 15.2. The number of carbonyl (C=O) groups is 1. The Labute approximate surface area is 123 Å². The second-order valence-corrected chi connectivity index (χ2v) is 5.00. The van der Waals surface area contributed by atoms with Gasteiger partial charge in [0.2, 0.25) is 5.91 Å². The van der Waals surface area contributed by atoms with E-state index in [1.54, 1.807) is 28.9 Å². The molecule has 0 fully saturated rings. The summed E-state index contributed by atoms with van der Waals surface area (Å²) in [5.41, 5.74) is 7.73. The number of nitrogens with two attached hydrogens (primary N) is 1. The molecule has 1 atom stereocenters. The molecule has 2 aromatic rings. The normalized spacial score (nSPS) is 12.1. The topological polar surface area (TPSA) is 93.2 Å². The molecule has 1 aromatic carbocycles. The summed E-state index contributed by atoms with van der Waals surface area (Å²) in [5, 5.41) is 16.3. The van der Waals surface area contributed by atoms with Crippen molar-refractivity contribution in [3.05, 3.63) is 47.8 Å². The summed E-state index contributed by atoms with van der Waals surface area (Å²) in [6, 6.07) is 8.01. The van der Waals surface area contributed by atoms with E-state index in [1.165, 1.54) is 0 Å². The molecule has 1 amide bonds. The van der Waals surface area contributed by atoms with Gasteiger partial charge in [-0.2, -0.15) is 5.10 Å². The minimum absolute atomic E-state index is 0.181. The van der Waals surface area contributed by atoms with Crippen LogP contribution in [0.2, 0.25) is 0 Å². The maximum Gasteiger partial charge on any atom is 0.237 e. The minimum atomic E-state index is -0.599. The van der Waals surface area contributed by atoms with E-state index in [4.69, 9.17) is 5.73 Å². The quantitative estimate of drug-likeness (QED) is 0.715. The van der Waals surface area contributed by atoms with Gasteiger partial charge in [0.05, 0.1) is 11.7 Å². The number of rotatable bonds is 6. The van der Waals surface area contributed by atoms with Crippen molar-refractivity contribution >= 4 is 5.91 Å². The lowest BCUT2D eigenvalue weighted by molar-refractivity contribution is -0.122. The monoisotopic (exact) mass is 288 g/mol. The van der Waals surface area contributed by atoms with Gasteiger partial charge in [0.25, 0.3) is 0 Å². The lowest BCUT2D eigenvalue weighted by Crippen LogP contribution is -2.42. The highest BCUT2D eigenvalue weighted by atomic mass is 16.3. The van der Waals surface area contributed by atoms with Crippen LogP contribution >= 0.6 is 0 Å². The molecule has 6 nitrogen and oxygen atoms in total. The van der Waals surface area contributed by atoms with Gasteiger partial charge >= 0.3 is 0 Å². The van der Waals surface area contributed by atoms with Crippen molar-refractivity contribution in [2.24, 2.45) is 12.8 Å². The first-order valence-corrected chi connectivity index (χ1v) is 6.84. The largest absolute Gasteiger partial charge is 0.508 e. The molecule has 0 aliphatic carbocycles. The van der Waals surface area contributed by atoms with Gasteiger partial charge in [0.1, 0.15) is 5.75 Å². The molecular weight excluding hydrogens is 268 g/mol. The third kappa shape index (κ3) is 4.61. The summed E-state index contributed by atoms with van der Waals surface area (Å²) in [7, 11) is 1.86. The maximum atomic E-state index is 11.9. The molecular formula is C15H20N4O2. The van der Waals surface area contributed by atoms with E-state index in [0.717, 1.165) is 11.3 Å². The fraction of sp³-hybridized carbons (Fsp3) is 0.333. The van der Waals surface area contributed by atoms with E-state index >= 15 is 0 Å². The number of phenols is 1. The smallest absolute Gasteiger partial charge is 0.237 e. The molecule has 2 rings (SSSR count). The molecule has 0 unspecified atom stereocenters. The van der Waals surface area contributed by atoms with Crippen molar-refractivity contribution in [1.29, 1.82) is 0 Å². The fourth-order valence-corrected chi connectivity index (χ4v) is 2.02. The Morgan fingerprint density at radius 3 is 2.71 bits per heavy atom. The molecule has 21 heavy (non-hydrogen) atoms. The molecule has 1 aromatic heterocycles. The molecule has 4 N–H and O–H groups in total. The van der Waals surface area contributed by atoms with Crippen LogP contribution in [0.1, 0.15) is 11.3 Å². The molecule has 1 heterocycles. The van der Waals surface area contributed by atoms with Gasteiger partial charge in [-0.15, -0.1) is 0 Å². The summed E-state index contributed by atoms with van der Waals surface area (Å²) in [5.74, 6) is 0.0196. The third-order valence-electron chi connectivity index (χ3n) is 3.18. The predicted octanol–water partition coefficient (Wildman–Crippen LogP) is 0.354. The van der Waals surface area contributed by atoms with Crippen molar-refractivity contribution in [1.82, 2.24) is 15.1 Å². The number of amides is 1. The minimum Gasteiger partial charge on any atom is -0.508 e. The third-order valence-corrected chi connectivity index (χ3v) is 3.18. The Morgan fingerprint density at radius 1 is 1.38 bits per heavy atom. The number of aromatic hydroxyl groups is 1. The number of aryl methyl sites for hydroxylation is 1. The van der Waals surface area contributed by atoms with Crippen LogP contribution in [0.3, 0.4) is 0 Å². The van der Waals surface area contributed by atoms with Gasteiger partial charge in [0.15, 0.2) is 0 Å². The molecule has 0 saturated heterocycles. The molecule has 0 saturated carbocycles. The maximum absolute atomic E-state index is 11.9. The van der Waals surface area contributed by atoms with Gasteiger partial charge < -0.3 is 16.2 Å². The van der Waals surface area contributed by atoms with E-state index in [2.05, 4.69) is 10.4 Å². The number of nitrogens with one attached hydrogen (secondary N) is 1. The van der Waals surface area contributed by atoms with Crippen LogP contribution in [0, 0.1) is 0 Å².